The molecule has 106 valence electrons. The number of sulfonamides is 1. The van der Waals surface area contributed by atoms with E-state index in [9.17, 15) is 16.8 Å². The van der Waals surface area contributed by atoms with Crippen LogP contribution in [0.25, 0.3) is 0 Å². The molecule has 1 atom stereocenters. The van der Waals surface area contributed by atoms with Gasteiger partial charge in [0.2, 0.25) is 10.0 Å². The van der Waals surface area contributed by atoms with E-state index in [2.05, 4.69) is 0 Å². The zero-order valence-electron chi connectivity index (χ0n) is 10.6. The van der Waals surface area contributed by atoms with Crippen molar-refractivity contribution in [3.8, 4) is 0 Å². The Balaban J connectivity index is 2.32. The maximum Gasteiger partial charge on any atom is 0.264 e. The summed E-state index contributed by atoms with van der Waals surface area (Å²) >= 11 is 0. The first-order valence-electron chi connectivity index (χ1n) is 5.60. The Bertz CT molecular complexity index is 681. The number of anilines is 1. The van der Waals surface area contributed by atoms with Crippen molar-refractivity contribution in [2.75, 3.05) is 23.4 Å². The highest BCUT2D eigenvalue weighted by Gasteiger charge is 2.35. The molecule has 1 aromatic carbocycles. The topological polar surface area (TPSA) is 80.8 Å². The zero-order valence-corrected chi connectivity index (χ0v) is 12.2. The quantitative estimate of drug-likeness (QED) is 0.750. The van der Waals surface area contributed by atoms with Gasteiger partial charge in [0, 0.05) is 0 Å². The van der Waals surface area contributed by atoms with E-state index in [0.717, 1.165) is 18.1 Å². The lowest BCUT2D eigenvalue weighted by Crippen LogP contribution is -2.40. The standard InChI is InChI=1S/C11H15NO5S2/c1-18(13,14)12-10(8-17-19(2,15)16)7-9-5-3-4-6-11(9)12/h3-6,10H,7-8H2,1-2H3. The molecule has 1 aliphatic rings. The zero-order chi connectivity index (χ0) is 14.3. The molecule has 2 rings (SSSR count). The fourth-order valence-electron chi connectivity index (χ4n) is 2.21. The minimum atomic E-state index is -3.59. The minimum Gasteiger partial charge on any atom is -0.268 e. The lowest BCUT2D eigenvalue weighted by molar-refractivity contribution is 0.298. The summed E-state index contributed by atoms with van der Waals surface area (Å²) < 4.78 is 51.7. The Hall–Kier alpha value is -1.12. The number of rotatable bonds is 4. The van der Waals surface area contributed by atoms with Gasteiger partial charge in [-0.1, -0.05) is 18.2 Å². The second-order valence-electron chi connectivity index (χ2n) is 4.53. The molecule has 0 aromatic heterocycles. The number of benzene rings is 1. The van der Waals surface area contributed by atoms with Crippen molar-refractivity contribution in [2.45, 2.75) is 12.5 Å². The first-order valence-corrected chi connectivity index (χ1v) is 9.27. The van der Waals surface area contributed by atoms with Crippen LogP contribution < -0.4 is 4.31 Å². The Morgan fingerprint density at radius 3 is 2.42 bits per heavy atom. The molecule has 0 bridgehead atoms. The largest absolute Gasteiger partial charge is 0.268 e. The van der Waals surface area contributed by atoms with Crippen molar-refractivity contribution in [3.05, 3.63) is 29.8 Å². The van der Waals surface area contributed by atoms with E-state index in [4.69, 9.17) is 4.18 Å². The average Bonchev–Trinajstić information content (AvgIpc) is 2.63. The van der Waals surface area contributed by atoms with E-state index >= 15 is 0 Å². The summed E-state index contributed by atoms with van der Waals surface area (Å²) in [5.41, 5.74) is 1.46. The van der Waals surface area contributed by atoms with E-state index < -0.39 is 26.2 Å². The number of fused-ring (bicyclic) bond motifs is 1. The first kappa shape index (κ1) is 14.3. The molecule has 1 aromatic rings. The molecule has 0 radical (unpaired) electrons. The van der Waals surface area contributed by atoms with Crippen molar-refractivity contribution in [2.24, 2.45) is 0 Å². The Kier molecular flexibility index (Phi) is 3.59. The van der Waals surface area contributed by atoms with Crippen molar-refractivity contribution < 1.29 is 21.0 Å². The fraction of sp³-hybridized carbons (Fsp3) is 0.455. The third-order valence-electron chi connectivity index (χ3n) is 2.85. The van der Waals surface area contributed by atoms with Gasteiger partial charge in [0.15, 0.2) is 0 Å². The van der Waals surface area contributed by atoms with E-state index in [0.29, 0.717) is 12.1 Å². The molecule has 0 aliphatic carbocycles. The maximum absolute atomic E-state index is 11.9. The molecule has 19 heavy (non-hydrogen) atoms. The molecular weight excluding hydrogens is 290 g/mol. The van der Waals surface area contributed by atoms with Crippen LogP contribution in [0.5, 0.6) is 0 Å². The van der Waals surface area contributed by atoms with Crippen molar-refractivity contribution in [3.63, 3.8) is 0 Å². The second kappa shape index (κ2) is 4.77. The average molecular weight is 305 g/mol. The summed E-state index contributed by atoms with van der Waals surface area (Å²) in [7, 11) is -7.06. The predicted octanol–water partition coefficient (Wildman–Crippen LogP) is 0.353. The van der Waals surface area contributed by atoms with E-state index in [1.807, 2.05) is 12.1 Å². The summed E-state index contributed by atoms with van der Waals surface area (Å²) in [6.45, 7) is -0.180. The van der Waals surface area contributed by atoms with E-state index in [-0.39, 0.29) is 6.61 Å². The van der Waals surface area contributed by atoms with Crippen LogP contribution in [-0.4, -0.2) is 42.0 Å². The number of nitrogens with zero attached hydrogens (tertiary/aromatic N) is 1. The van der Waals surface area contributed by atoms with Crippen molar-refractivity contribution >= 4 is 25.8 Å². The maximum atomic E-state index is 11.9. The highest BCUT2D eigenvalue weighted by Crippen LogP contribution is 2.34. The monoisotopic (exact) mass is 305 g/mol. The molecule has 8 heteroatoms. The van der Waals surface area contributed by atoms with Gasteiger partial charge >= 0.3 is 0 Å². The van der Waals surface area contributed by atoms with Gasteiger partial charge in [-0.2, -0.15) is 8.42 Å². The van der Waals surface area contributed by atoms with Crippen LogP contribution in [0.1, 0.15) is 5.56 Å². The van der Waals surface area contributed by atoms with Gasteiger partial charge in [-0.25, -0.2) is 8.42 Å². The second-order valence-corrected chi connectivity index (χ2v) is 8.04. The third-order valence-corrected chi connectivity index (χ3v) is 4.62. The van der Waals surface area contributed by atoms with Gasteiger partial charge in [0.05, 0.1) is 30.8 Å². The molecule has 1 aliphatic heterocycles. The van der Waals surface area contributed by atoms with Crippen LogP contribution in [0.15, 0.2) is 24.3 Å². The summed E-state index contributed by atoms with van der Waals surface area (Å²) in [5.74, 6) is 0. The lowest BCUT2D eigenvalue weighted by Gasteiger charge is -2.24. The normalized spacial score (nSPS) is 19.5. The molecule has 1 heterocycles. The van der Waals surface area contributed by atoms with Crippen molar-refractivity contribution in [1.82, 2.24) is 0 Å². The van der Waals surface area contributed by atoms with Gasteiger partial charge in [-0.15, -0.1) is 0 Å². The van der Waals surface area contributed by atoms with E-state index in [1.54, 1.807) is 12.1 Å². The molecule has 1 unspecified atom stereocenters. The lowest BCUT2D eigenvalue weighted by atomic mass is 10.1. The van der Waals surface area contributed by atoms with Gasteiger partial charge in [0.1, 0.15) is 0 Å². The molecule has 0 amide bonds. The van der Waals surface area contributed by atoms with Crippen LogP contribution in [-0.2, 0) is 30.7 Å². The minimum absolute atomic E-state index is 0.180. The Morgan fingerprint density at radius 1 is 1.21 bits per heavy atom. The number of hydrogen-bond acceptors (Lipinski definition) is 5. The van der Waals surface area contributed by atoms with Crippen molar-refractivity contribution in [1.29, 1.82) is 0 Å². The highest BCUT2D eigenvalue weighted by molar-refractivity contribution is 7.92. The van der Waals surface area contributed by atoms with E-state index in [1.165, 1.54) is 4.31 Å². The van der Waals surface area contributed by atoms with Gasteiger partial charge in [0.25, 0.3) is 10.1 Å². The molecule has 0 spiro atoms. The Labute approximate surface area is 113 Å². The smallest absolute Gasteiger partial charge is 0.264 e. The third kappa shape index (κ3) is 3.26. The first-order chi connectivity index (χ1) is 8.68. The Morgan fingerprint density at radius 2 is 1.84 bits per heavy atom. The molecule has 0 fully saturated rings. The fourth-order valence-corrected chi connectivity index (χ4v) is 3.83. The van der Waals surface area contributed by atoms with Gasteiger partial charge in [-0.3, -0.25) is 8.49 Å². The summed E-state index contributed by atoms with van der Waals surface area (Å²) in [6, 6.07) is 6.57. The van der Waals surface area contributed by atoms with Crippen LogP contribution in [0, 0.1) is 0 Å². The molecular formula is C11H15NO5S2. The number of para-hydroxylation sites is 1. The van der Waals surface area contributed by atoms with Crippen LogP contribution in [0.4, 0.5) is 5.69 Å². The summed E-state index contributed by atoms with van der Waals surface area (Å²) in [5, 5.41) is 0. The van der Waals surface area contributed by atoms with Gasteiger partial charge in [-0.05, 0) is 18.1 Å². The summed E-state index contributed by atoms with van der Waals surface area (Å²) in [4.78, 5) is 0. The number of hydrogen-bond donors (Lipinski definition) is 0. The SMILES string of the molecule is CS(=O)(=O)OCC1Cc2ccccc2N1S(C)(=O)=O. The predicted molar refractivity (Wildman–Crippen MR) is 72.1 cm³/mol. The molecule has 0 N–H and O–H groups in total. The van der Waals surface area contributed by atoms with Gasteiger partial charge < -0.3 is 0 Å². The molecule has 0 saturated heterocycles. The highest BCUT2D eigenvalue weighted by atomic mass is 32.2. The summed E-state index contributed by atoms with van der Waals surface area (Å²) in [6.07, 6.45) is 2.49. The molecule has 6 nitrogen and oxygen atoms in total. The van der Waals surface area contributed by atoms with Crippen LogP contribution in [0.3, 0.4) is 0 Å². The molecule has 0 saturated carbocycles. The van der Waals surface area contributed by atoms with Crippen LogP contribution in [0.2, 0.25) is 0 Å². The van der Waals surface area contributed by atoms with Crippen LogP contribution >= 0.6 is 0 Å².